The zero-order valence-electron chi connectivity index (χ0n) is 44.4. The van der Waals surface area contributed by atoms with Gasteiger partial charge in [-0.05, 0) is 51.4 Å². The minimum absolute atomic E-state index is 0.0579. The van der Waals surface area contributed by atoms with Crippen molar-refractivity contribution in [2.24, 2.45) is 0 Å². The molecule has 0 aliphatic carbocycles. The summed E-state index contributed by atoms with van der Waals surface area (Å²) < 4.78 is 23.7. The second-order valence-corrected chi connectivity index (χ2v) is 21.4. The molecule has 0 fully saturated rings. The van der Waals surface area contributed by atoms with E-state index in [-0.39, 0.29) is 25.5 Å². The van der Waals surface area contributed by atoms with Crippen LogP contribution in [0, 0.1) is 0 Å². The van der Waals surface area contributed by atoms with Crippen LogP contribution in [-0.2, 0) is 18.4 Å². The van der Waals surface area contributed by atoms with E-state index in [0.29, 0.717) is 23.9 Å². The summed E-state index contributed by atoms with van der Waals surface area (Å²) in [7, 11) is 1.56. The van der Waals surface area contributed by atoms with Crippen molar-refractivity contribution in [2.45, 2.75) is 251 Å². The molecule has 67 heavy (non-hydrogen) atoms. The van der Waals surface area contributed by atoms with E-state index in [2.05, 4.69) is 86.0 Å². The molecule has 1 amide bonds. The Labute approximate surface area is 414 Å². The molecule has 0 radical (unpaired) electrons. The van der Waals surface area contributed by atoms with Gasteiger partial charge in [0.1, 0.15) is 13.2 Å². The number of aliphatic hydroxyl groups excluding tert-OH is 1. The topological polar surface area (TPSA) is 105 Å². The first kappa shape index (κ1) is 64.9. The summed E-state index contributed by atoms with van der Waals surface area (Å²) in [5, 5.41) is 14.0. The van der Waals surface area contributed by atoms with Gasteiger partial charge < -0.3 is 19.8 Å². The maximum Gasteiger partial charge on any atom is 0.472 e. The van der Waals surface area contributed by atoms with Gasteiger partial charge in [0, 0.05) is 6.42 Å². The third-order valence-corrected chi connectivity index (χ3v) is 13.2. The lowest BCUT2D eigenvalue weighted by atomic mass is 10.0. The third-order valence-electron chi connectivity index (χ3n) is 12.2. The summed E-state index contributed by atoms with van der Waals surface area (Å²) in [5.74, 6) is -0.226. The van der Waals surface area contributed by atoms with Gasteiger partial charge in [-0.25, -0.2) is 4.57 Å². The van der Waals surface area contributed by atoms with E-state index in [1.165, 1.54) is 148 Å². The van der Waals surface area contributed by atoms with Crippen molar-refractivity contribution in [3.8, 4) is 0 Å². The number of unbranched alkanes of at least 4 members (excludes halogenated alkanes) is 25. The Balaban J connectivity index is 4.27. The van der Waals surface area contributed by atoms with Crippen molar-refractivity contribution in [3.63, 3.8) is 0 Å². The fraction of sp³-hybridized carbons (Fsp3) is 0.776. The molecular weight excluding hydrogens is 852 g/mol. The van der Waals surface area contributed by atoms with Gasteiger partial charge in [-0.3, -0.25) is 13.8 Å². The van der Waals surface area contributed by atoms with Crippen LogP contribution in [0.5, 0.6) is 0 Å². The maximum absolute atomic E-state index is 12.9. The van der Waals surface area contributed by atoms with Crippen LogP contribution in [0.1, 0.15) is 239 Å². The average molecular weight is 960 g/mol. The molecule has 0 aliphatic heterocycles. The van der Waals surface area contributed by atoms with Crippen LogP contribution >= 0.6 is 7.82 Å². The second-order valence-electron chi connectivity index (χ2n) is 19.9. The van der Waals surface area contributed by atoms with Gasteiger partial charge in [0.15, 0.2) is 0 Å². The molecule has 0 spiro atoms. The molecule has 0 heterocycles. The number of amides is 1. The number of hydrogen-bond donors (Lipinski definition) is 3. The van der Waals surface area contributed by atoms with Gasteiger partial charge in [0.2, 0.25) is 5.91 Å². The molecule has 0 aromatic carbocycles. The highest BCUT2D eigenvalue weighted by molar-refractivity contribution is 7.47. The molecule has 0 rings (SSSR count). The lowest BCUT2D eigenvalue weighted by Gasteiger charge is -2.26. The van der Waals surface area contributed by atoms with Gasteiger partial charge >= 0.3 is 7.82 Å². The largest absolute Gasteiger partial charge is 0.472 e. The quantitative estimate of drug-likeness (QED) is 0.0243. The summed E-state index contributed by atoms with van der Waals surface area (Å²) >= 11 is 0. The third kappa shape index (κ3) is 51.6. The van der Waals surface area contributed by atoms with E-state index >= 15 is 0 Å². The first-order chi connectivity index (χ1) is 32.5. The van der Waals surface area contributed by atoms with Crippen molar-refractivity contribution in [1.82, 2.24) is 5.32 Å². The minimum Gasteiger partial charge on any atom is -0.391 e. The van der Waals surface area contributed by atoms with Crippen molar-refractivity contribution >= 4 is 13.7 Å². The molecule has 0 bridgehead atoms. The van der Waals surface area contributed by atoms with Crippen LogP contribution < -0.4 is 5.32 Å². The van der Waals surface area contributed by atoms with Crippen LogP contribution in [0.2, 0.25) is 0 Å². The SMILES string of the molecule is CC/C=C\C/C=C\C/C=C\C/C=C\C/C=C\C/C=C\CCC(=O)NC(COP(=O)(O)OCC[N+](C)(C)C)C(O)CCCCCCCCCCCCCCCCCCCCCCCCCCCC. The molecule has 0 saturated heterocycles. The number of quaternary nitrogens is 1. The Morgan fingerprint density at radius 1 is 0.522 bits per heavy atom. The minimum atomic E-state index is -4.35. The highest BCUT2D eigenvalue weighted by atomic mass is 31.2. The summed E-state index contributed by atoms with van der Waals surface area (Å²) in [6.45, 7) is 4.73. The van der Waals surface area contributed by atoms with Gasteiger partial charge in [0.05, 0.1) is 39.9 Å². The normalized spacial score (nSPS) is 14.6. The standard InChI is InChI=1S/C58H107N2O6P/c1-6-8-10-12-14-16-18-20-22-24-26-27-28-29-30-31-32-34-35-37-39-41-43-45-47-49-51-57(61)56(55-66-67(63,64)65-54-53-60(3,4)5)59-58(62)52-50-48-46-44-42-40-38-36-33-25-23-21-19-17-15-13-11-9-7-2/h9,11,15,17,21,23,33,36,40,42,46,48,56-57,61H,6-8,10,12-14,16,18-20,22,24-32,34-35,37-39,41,43-45,47,49-55H2,1-5H3,(H-,59,62,63,64)/p+1/b11-9-,17-15-,23-21-,36-33-,42-40-,48-46-. The molecule has 0 aromatic rings. The summed E-state index contributed by atoms with van der Waals surface area (Å²) in [6, 6.07) is -0.806. The average Bonchev–Trinajstić information content (AvgIpc) is 3.29. The van der Waals surface area contributed by atoms with E-state index in [1.807, 2.05) is 27.2 Å². The second kappa shape index (κ2) is 48.9. The van der Waals surface area contributed by atoms with Crippen molar-refractivity contribution in [2.75, 3.05) is 40.9 Å². The lowest BCUT2D eigenvalue weighted by Crippen LogP contribution is -2.46. The molecular formula is C58H108N2O6P+. The van der Waals surface area contributed by atoms with Crippen LogP contribution in [0.4, 0.5) is 0 Å². The highest BCUT2D eigenvalue weighted by Crippen LogP contribution is 2.43. The van der Waals surface area contributed by atoms with Crippen LogP contribution in [0.3, 0.4) is 0 Å². The Bertz CT molecular complexity index is 1320. The Morgan fingerprint density at radius 2 is 0.866 bits per heavy atom. The number of hydrogen-bond acceptors (Lipinski definition) is 5. The summed E-state index contributed by atoms with van der Waals surface area (Å²) in [6.07, 6.45) is 66.9. The number of rotatable bonds is 50. The number of carbonyl (C=O) groups is 1. The molecule has 3 unspecified atom stereocenters. The molecule has 3 N–H and O–H groups in total. The number of phosphoric acid groups is 1. The number of nitrogens with zero attached hydrogens (tertiary/aromatic N) is 1. The van der Waals surface area contributed by atoms with Crippen LogP contribution in [0.15, 0.2) is 72.9 Å². The van der Waals surface area contributed by atoms with E-state index in [9.17, 15) is 19.4 Å². The maximum atomic E-state index is 12.9. The fourth-order valence-corrected chi connectivity index (χ4v) is 8.63. The van der Waals surface area contributed by atoms with Crippen molar-refractivity contribution in [1.29, 1.82) is 0 Å². The number of aliphatic hydroxyl groups is 1. The molecule has 0 saturated carbocycles. The number of allylic oxidation sites excluding steroid dienone is 12. The number of phosphoric ester groups is 1. The molecule has 0 aliphatic rings. The molecule has 9 heteroatoms. The van der Waals surface area contributed by atoms with Crippen molar-refractivity contribution in [3.05, 3.63) is 72.9 Å². The first-order valence-corrected chi connectivity index (χ1v) is 29.3. The molecule has 0 aromatic heterocycles. The molecule has 8 nitrogen and oxygen atoms in total. The Morgan fingerprint density at radius 3 is 1.22 bits per heavy atom. The van der Waals surface area contributed by atoms with E-state index in [0.717, 1.165) is 57.8 Å². The van der Waals surface area contributed by atoms with Gasteiger partial charge in [-0.1, -0.05) is 254 Å². The first-order valence-electron chi connectivity index (χ1n) is 27.8. The predicted octanol–water partition coefficient (Wildman–Crippen LogP) is 16.7. The van der Waals surface area contributed by atoms with E-state index in [1.54, 1.807) is 0 Å². The number of carbonyl (C=O) groups excluding carboxylic acids is 1. The smallest absolute Gasteiger partial charge is 0.391 e. The van der Waals surface area contributed by atoms with Gasteiger partial charge in [-0.15, -0.1) is 0 Å². The number of likely N-dealkylation sites (N-methyl/N-ethyl adjacent to an activating group) is 1. The molecule has 390 valence electrons. The monoisotopic (exact) mass is 960 g/mol. The van der Waals surface area contributed by atoms with Crippen molar-refractivity contribution < 1.29 is 32.9 Å². The predicted molar refractivity (Wildman–Crippen MR) is 290 cm³/mol. The van der Waals surface area contributed by atoms with E-state index < -0.39 is 20.0 Å². The Kier molecular flexibility index (Phi) is 47.4. The summed E-state index contributed by atoms with van der Waals surface area (Å²) in [5.41, 5.74) is 0. The van der Waals surface area contributed by atoms with Gasteiger partial charge in [0.25, 0.3) is 0 Å². The lowest BCUT2D eigenvalue weighted by molar-refractivity contribution is -0.870. The zero-order valence-corrected chi connectivity index (χ0v) is 45.3. The van der Waals surface area contributed by atoms with Crippen LogP contribution in [-0.4, -0.2) is 73.4 Å². The van der Waals surface area contributed by atoms with Gasteiger partial charge in [-0.2, -0.15) is 0 Å². The Hall–Kier alpha value is -2.06. The van der Waals surface area contributed by atoms with E-state index in [4.69, 9.17) is 9.05 Å². The summed E-state index contributed by atoms with van der Waals surface area (Å²) in [4.78, 5) is 23.3. The fourth-order valence-electron chi connectivity index (χ4n) is 7.89. The van der Waals surface area contributed by atoms with Crippen LogP contribution in [0.25, 0.3) is 0 Å². The zero-order chi connectivity index (χ0) is 49.2. The highest BCUT2D eigenvalue weighted by Gasteiger charge is 2.28. The molecule has 3 atom stereocenters. The number of nitrogens with one attached hydrogen (secondary N) is 1.